The van der Waals surface area contributed by atoms with Crippen molar-refractivity contribution in [1.29, 1.82) is 0 Å². The molecule has 0 unspecified atom stereocenters. The number of hydrogen-bond donors (Lipinski definition) is 3. The lowest BCUT2D eigenvalue weighted by atomic mass is 10.0. The zero-order valence-electron chi connectivity index (χ0n) is 20.6. The van der Waals surface area contributed by atoms with Gasteiger partial charge < -0.3 is 10.3 Å². The molecule has 186 valence electrons. The lowest BCUT2D eigenvalue weighted by molar-refractivity contribution is -0.119. The van der Waals surface area contributed by atoms with Gasteiger partial charge in [-0.05, 0) is 48.7 Å². The van der Waals surface area contributed by atoms with Crippen molar-refractivity contribution in [3.05, 3.63) is 79.4 Å². The van der Waals surface area contributed by atoms with Crippen LogP contribution in [0.5, 0.6) is 0 Å². The Morgan fingerprint density at radius 2 is 1.76 bits per heavy atom. The van der Waals surface area contributed by atoms with Crippen LogP contribution in [0.2, 0.25) is 0 Å². The van der Waals surface area contributed by atoms with E-state index in [1.54, 1.807) is 12.4 Å². The minimum atomic E-state index is 0.0876. The summed E-state index contributed by atoms with van der Waals surface area (Å²) in [6.07, 6.45) is 11.3. The highest BCUT2D eigenvalue weighted by atomic mass is 16.1. The van der Waals surface area contributed by atoms with Crippen LogP contribution in [0.3, 0.4) is 0 Å². The molecule has 3 N–H and O–H groups in total. The van der Waals surface area contributed by atoms with Gasteiger partial charge in [-0.15, -0.1) is 0 Å². The Balaban J connectivity index is 1.25. The molecule has 1 fully saturated rings. The number of amides is 1. The molecular formula is C30H25N7O. The largest absolute Gasteiger partial charge is 0.337 e. The molecule has 8 nitrogen and oxygen atoms in total. The Kier molecular flexibility index (Phi) is 5.43. The van der Waals surface area contributed by atoms with Crippen molar-refractivity contribution in [2.24, 2.45) is 5.92 Å². The predicted octanol–water partition coefficient (Wildman–Crippen LogP) is 6.36. The van der Waals surface area contributed by atoms with Gasteiger partial charge in [0.15, 0.2) is 5.82 Å². The summed E-state index contributed by atoms with van der Waals surface area (Å²) in [7, 11) is 0. The summed E-state index contributed by atoms with van der Waals surface area (Å²) in [5.74, 6) is 0.881. The van der Waals surface area contributed by atoms with Crippen LogP contribution >= 0.6 is 0 Å². The van der Waals surface area contributed by atoms with Gasteiger partial charge in [0.1, 0.15) is 5.69 Å². The molecule has 0 aliphatic heterocycles. The number of rotatable bonds is 5. The first-order valence-electron chi connectivity index (χ1n) is 12.9. The van der Waals surface area contributed by atoms with Gasteiger partial charge in [-0.25, -0.2) is 4.98 Å². The monoisotopic (exact) mass is 499 g/mol. The van der Waals surface area contributed by atoms with E-state index in [9.17, 15) is 4.79 Å². The first-order chi connectivity index (χ1) is 18.7. The highest BCUT2D eigenvalue weighted by Crippen LogP contribution is 2.33. The summed E-state index contributed by atoms with van der Waals surface area (Å²) in [5.41, 5.74) is 8.11. The molecule has 1 aliphatic rings. The lowest BCUT2D eigenvalue weighted by Gasteiger charge is -2.11. The van der Waals surface area contributed by atoms with Crippen LogP contribution in [0.25, 0.3) is 55.7 Å². The SMILES string of the molecule is O=C(Nc1cncc(-c2ccc3[nH]nc(-c4nc5c(-c6cccnc6)cccc5[nH]4)c3c2)c1)C1CCCC1. The van der Waals surface area contributed by atoms with Crippen LogP contribution in [-0.2, 0) is 4.79 Å². The number of nitrogens with one attached hydrogen (secondary N) is 3. The zero-order valence-corrected chi connectivity index (χ0v) is 20.6. The van der Waals surface area contributed by atoms with E-state index in [2.05, 4.69) is 42.6 Å². The quantitative estimate of drug-likeness (QED) is 0.256. The number of pyridine rings is 2. The fourth-order valence-electron chi connectivity index (χ4n) is 5.37. The van der Waals surface area contributed by atoms with Crippen LogP contribution in [0.15, 0.2) is 79.4 Å². The molecule has 0 bridgehead atoms. The molecular weight excluding hydrogens is 474 g/mol. The predicted molar refractivity (Wildman–Crippen MR) is 148 cm³/mol. The van der Waals surface area contributed by atoms with Crippen LogP contribution in [0.1, 0.15) is 25.7 Å². The maximum Gasteiger partial charge on any atom is 0.227 e. The Morgan fingerprint density at radius 1 is 0.868 bits per heavy atom. The number of benzene rings is 2. The van der Waals surface area contributed by atoms with E-state index in [1.807, 2.05) is 54.9 Å². The topological polar surface area (TPSA) is 112 Å². The van der Waals surface area contributed by atoms with E-state index < -0.39 is 0 Å². The Labute approximate surface area is 218 Å². The molecule has 38 heavy (non-hydrogen) atoms. The van der Waals surface area contributed by atoms with Crippen molar-refractivity contribution in [2.75, 3.05) is 5.32 Å². The van der Waals surface area contributed by atoms with E-state index in [1.165, 1.54) is 0 Å². The van der Waals surface area contributed by atoms with Crippen molar-refractivity contribution >= 4 is 33.5 Å². The zero-order chi connectivity index (χ0) is 25.5. The minimum Gasteiger partial charge on any atom is -0.337 e. The number of imidazole rings is 1. The molecule has 1 amide bonds. The van der Waals surface area contributed by atoms with Gasteiger partial charge in [0.05, 0.1) is 28.4 Å². The average molecular weight is 500 g/mol. The number of fused-ring (bicyclic) bond motifs is 2. The van der Waals surface area contributed by atoms with Gasteiger partial charge >= 0.3 is 0 Å². The summed E-state index contributed by atoms with van der Waals surface area (Å²) >= 11 is 0. The lowest BCUT2D eigenvalue weighted by Crippen LogP contribution is -2.20. The van der Waals surface area contributed by atoms with E-state index in [0.29, 0.717) is 11.5 Å². The van der Waals surface area contributed by atoms with Crippen molar-refractivity contribution in [2.45, 2.75) is 25.7 Å². The normalized spacial score (nSPS) is 13.9. The maximum atomic E-state index is 12.6. The van der Waals surface area contributed by atoms with Gasteiger partial charge in [0.25, 0.3) is 0 Å². The van der Waals surface area contributed by atoms with Gasteiger partial charge in [0, 0.05) is 46.6 Å². The third-order valence-corrected chi connectivity index (χ3v) is 7.34. The smallest absolute Gasteiger partial charge is 0.227 e. The standard InChI is InChI=1S/C30H25N7O/c38-30(18-5-1-2-6-18)33-22-13-21(16-32-17-22)19-10-11-25-24(14-19)28(37-36-25)29-34-26-9-3-8-23(27(26)35-29)20-7-4-12-31-15-20/h3-4,7-18H,1-2,5-6H2,(H,33,38)(H,34,35)(H,36,37). The number of para-hydroxylation sites is 1. The highest BCUT2D eigenvalue weighted by Gasteiger charge is 2.23. The van der Waals surface area contributed by atoms with E-state index in [0.717, 1.165) is 75.6 Å². The third-order valence-electron chi connectivity index (χ3n) is 7.34. The molecule has 2 aromatic carbocycles. The van der Waals surface area contributed by atoms with Crippen molar-refractivity contribution < 1.29 is 4.79 Å². The van der Waals surface area contributed by atoms with E-state index >= 15 is 0 Å². The summed E-state index contributed by atoms with van der Waals surface area (Å²) in [6.45, 7) is 0. The van der Waals surface area contributed by atoms with Gasteiger partial charge in [0.2, 0.25) is 5.91 Å². The highest BCUT2D eigenvalue weighted by molar-refractivity contribution is 5.98. The van der Waals surface area contributed by atoms with Gasteiger partial charge in [-0.3, -0.25) is 19.9 Å². The van der Waals surface area contributed by atoms with Crippen molar-refractivity contribution in [3.8, 4) is 33.8 Å². The molecule has 0 spiro atoms. The second kappa shape index (κ2) is 9.23. The fourth-order valence-corrected chi connectivity index (χ4v) is 5.37. The minimum absolute atomic E-state index is 0.0876. The van der Waals surface area contributed by atoms with Gasteiger partial charge in [-0.2, -0.15) is 5.10 Å². The number of carbonyl (C=O) groups excluding carboxylic acids is 1. The summed E-state index contributed by atoms with van der Waals surface area (Å²) in [6, 6.07) is 18.1. The Bertz CT molecular complexity index is 1780. The Morgan fingerprint density at radius 3 is 2.63 bits per heavy atom. The molecule has 0 atom stereocenters. The number of aromatic amines is 2. The molecule has 0 saturated heterocycles. The molecule has 0 radical (unpaired) electrons. The Hall–Kier alpha value is -4.85. The number of nitrogens with zero attached hydrogens (tertiary/aromatic N) is 4. The number of aromatic nitrogens is 6. The molecule has 8 heteroatoms. The summed E-state index contributed by atoms with van der Waals surface area (Å²) in [4.78, 5) is 29.7. The molecule has 6 aromatic rings. The van der Waals surface area contributed by atoms with E-state index in [-0.39, 0.29) is 11.8 Å². The second-order valence-electron chi connectivity index (χ2n) is 9.79. The van der Waals surface area contributed by atoms with Crippen LogP contribution in [0.4, 0.5) is 5.69 Å². The first kappa shape index (κ1) is 22.4. The first-order valence-corrected chi connectivity index (χ1v) is 12.9. The molecule has 1 aliphatic carbocycles. The van der Waals surface area contributed by atoms with Crippen LogP contribution < -0.4 is 5.32 Å². The molecule has 4 heterocycles. The number of carbonyl (C=O) groups is 1. The average Bonchev–Trinajstić information content (AvgIpc) is 3.73. The number of hydrogen-bond acceptors (Lipinski definition) is 5. The molecule has 1 saturated carbocycles. The van der Waals surface area contributed by atoms with Crippen LogP contribution in [0, 0.1) is 5.92 Å². The van der Waals surface area contributed by atoms with Crippen molar-refractivity contribution in [1.82, 2.24) is 30.1 Å². The summed E-state index contributed by atoms with van der Waals surface area (Å²) in [5, 5.41) is 11.7. The van der Waals surface area contributed by atoms with Gasteiger partial charge in [-0.1, -0.05) is 37.1 Å². The van der Waals surface area contributed by atoms with Crippen molar-refractivity contribution in [3.63, 3.8) is 0 Å². The number of anilines is 1. The number of H-pyrrole nitrogens is 2. The maximum absolute atomic E-state index is 12.6. The van der Waals surface area contributed by atoms with E-state index in [4.69, 9.17) is 4.98 Å². The fraction of sp³-hybridized carbons (Fsp3) is 0.167. The third kappa shape index (κ3) is 4.00. The second-order valence-corrected chi connectivity index (χ2v) is 9.79. The molecule has 4 aromatic heterocycles. The summed E-state index contributed by atoms with van der Waals surface area (Å²) < 4.78 is 0. The van der Waals surface area contributed by atoms with Crippen LogP contribution in [-0.4, -0.2) is 36.0 Å². The molecule has 7 rings (SSSR count).